The van der Waals surface area contributed by atoms with E-state index in [2.05, 4.69) is 10.3 Å². The molecule has 0 saturated heterocycles. The highest BCUT2D eigenvalue weighted by atomic mass is 19.1. The predicted octanol–water partition coefficient (Wildman–Crippen LogP) is 1.40. The lowest BCUT2D eigenvalue weighted by molar-refractivity contribution is 0.612. The van der Waals surface area contributed by atoms with Crippen LogP contribution in [0.4, 0.5) is 10.2 Å². The Bertz CT molecular complexity index is 703. The lowest BCUT2D eigenvalue weighted by Crippen LogP contribution is -2.21. The Kier molecular flexibility index (Phi) is 3.57. The van der Waals surface area contributed by atoms with E-state index < -0.39 is 5.82 Å². The topological polar surface area (TPSA) is 70.7 Å². The zero-order valence-corrected chi connectivity index (χ0v) is 10.2. The van der Waals surface area contributed by atoms with Crippen LogP contribution in [0.25, 0.3) is 0 Å². The fourth-order valence-electron chi connectivity index (χ4n) is 1.56. The molecule has 1 N–H and O–H groups in total. The summed E-state index contributed by atoms with van der Waals surface area (Å²) >= 11 is 0. The van der Waals surface area contributed by atoms with Gasteiger partial charge in [0.25, 0.3) is 5.56 Å². The van der Waals surface area contributed by atoms with Crippen LogP contribution in [0.15, 0.2) is 35.4 Å². The fraction of sp³-hybridized carbons (Fsp3) is 0.154. The largest absolute Gasteiger partial charge is 0.361 e. The van der Waals surface area contributed by atoms with Gasteiger partial charge >= 0.3 is 0 Å². The lowest BCUT2D eigenvalue weighted by atomic mass is 10.1. The van der Waals surface area contributed by atoms with Crippen LogP contribution in [-0.4, -0.2) is 9.55 Å². The minimum absolute atomic E-state index is 0.129. The molecule has 0 aliphatic heterocycles. The Morgan fingerprint density at radius 1 is 1.53 bits per heavy atom. The van der Waals surface area contributed by atoms with Crippen LogP contribution in [0.1, 0.15) is 11.1 Å². The summed E-state index contributed by atoms with van der Waals surface area (Å²) in [6, 6.07) is 6.05. The molecule has 0 aliphatic rings. The maximum atomic E-state index is 13.6. The van der Waals surface area contributed by atoms with E-state index in [1.165, 1.54) is 29.1 Å². The van der Waals surface area contributed by atoms with Crippen molar-refractivity contribution in [2.45, 2.75) is 6.54 Å². The van der Waals surface area contributed by atoms with Crippen molar-refractivity contribution in [3.63, 3.8) is 0 Å². The molecule has 2 aromatic rings. The van der Waals surface area contributed by atoms with Gasteiger partial charge in [-0.25, -0.2) is 9.37 Å². The maximum absolute atomic E-state index is 13.6. The van der Waals surface area contributed by atoms with Gasteiger partial charge in [0.1, 0.15) is 5.82 Å². The smallest absolute Gasteiger partial charge is 0.293 e. The van der Waals surface area contributed by atoms with Crippen molar-refractivity contribution < 1.29 is 4.39 Å². The van der Waals surface area contributed by atoms with E-state index in [-0.39, 0.29) is 23.5 Å². The Balaban J connectivity index is 2.17. The van der Waals surface area contributed by atoms with Gasteiger partial charge in [0.2, 0.25) is 0 Å². The molecule has 0 atom stereocenters. The van der Waals surface area contributed by atoms with Crippen molar-refractivity contribution in [1.29, 1.82) is 5.26 Å². The van der Waals surface area contributed by atoms with Crippen molar-refractivity contribution in [3.05, 3.63) is 57.9 Å². The molecule has 0 unspecified atom stereocenters. The van der Waals surface area contributed by atoms with Crippen LogP contribution in [0, 0.1) is 17.1 Å². The molecule has 0 fully saturated rings. The van der Waals surface area contributed by atoms with Gasteiger partial charge in [-0.15, -0.1) is 0 Å². The summed E-state index contributed by atoms with van der Waals surface area (Å²) in [5.41, 5.74) is 0.346. The second-order valence-electron chi connectivity index (χ2n) is 3.96. The molecule has 19 heavy (non-hydrogen) atoms. The number of aromatic nitrogens is 2. The number of halogens is 1. The molecule has 0 aliphatic carbocycles. The molecule has 1 aromatic heterocycles. The molecule has 0 amide bonds. The van der Waals surface area contributed by atoms with E-state index in [4.69, 9.17) is 5.26 Å². The number of nitriles is 1. The van der Waals surface area contributed by atoms with Crippen LogP contribution in [0.2, 0.25) is 0 Å². The van der Waals surface area contributed by atoms with Gasteiger partial charge in [0, 0.05) is 31.5 Å². The summed E-state index contributed by atoms with van der Waals surface area (Å²) in [7, 11) is 1.61. The second kappa shape index (κ2) is 5.31. The van der Waals surface area contributed by atoms with Gasteiger partial charge < -0.3 is 9.88 Å². The first-order valence-electron chi connectivity index (χ1n) is 5.56. The van der Waals surface area contributed by atoms with Crippen molar-refractivity contribution in [1.82, 2.24) is 9.55 Å². The van der Waals surface area contributed by atoms with Crippen molar-refractivity contribution in [3.8, 4) is 6.07 Å². The molecule has 96 valence electrons. The van der Waals surface area contributed by atoms with E-state index >= 15 is 0 Å². The molecule has 6 heteroatoms. The van der Waals surface area contributed by atoms with Crippen molar-refractivity contribution >= 4 is 5.82 Å². The summed E-state index contributed by atoms with van der Waals surface area (Å²) in [4.78, 5) is 15.6. The van der Waals surface area contributed by atoms with Crippen molar-refractivity contribution in [2.24, 2.45) is 7.05 Å². The normalized spacial score (nSPS) is 9.95. The van der Waals surface area contributed by atoms with E-state index in [0.717, 1.165) is 6.07 Å². The number of nitrogens with one attached hydrogen (secondary N) is 1. The zero-order valence-electron chi connectivity index (χ0n) is 10.2. The maximum Gasteiger partial charge on any atom is 0.293 e. The molecule has 1 aromatic carbocycles. The van der Waals surface area contributed by atoms with Crippen LogP contribution in [0.3, 0.4) is 0 Å². The van der Waals surface area contributed by atoms with Crippen LogP contribution < -0.4 is 10.9 Å². The molecule has 0 radical (unpaired) electrons. The second-order valence-corrected chi connectivity index (χ2v) is 3.96. The molecule has 2 rings (SSSR count). The minimum Gasteiger partial charge on any atom is -0.361 e. The van der Waals surface area contributed by atoms with Crippen LogP contribution in [0.5, 0.6) is 0 Å². The number of hydrogen-bond donors (Lipinski definition) is 1. The number of hydrogen-bond acceptors (Lipinski definition) is 4. The highest BCUT2D eigenvalue weighted by Gasteiger charge is 2.06. The summed E-state index contributed by atoms with van der Waals surface area (Å²) in [6.07, 6.45) is 3.02. The number of benzene rings is 1. The van der Waals surface area contributed by atoms with E-state index in [1.54, 1.807) is 7.05 Å². The SMILES string of the molecule is Cn1ccnc(NCc2ccc(C#N)cc2F)c1=O. The molecular weight excluding hydrogens is 247 g/mol. The summed E-state index contributed by atoms with van der Waals surface area (Å²) in [6.45, 7) is 0.129. The van der Waals surface area contributed by atoms with Crippen LogP contribution >= 0.6 is 0 Å². The standard InChI is InChI=1S/C13H11FN4O/c1-18-5-4-16-12(13(18)19)17-8-10-3-2-9(7-15)6-11(10)14/h2-6H,8H2,1H3,(H,16,17). The highest BCUT2D eigenvalue weighted by Crippen LogP contribution is 2.11. The Morgan fingerprint density at radius 2 is 2.32 bits per heavy atom. The van der Waals surface area contributed by atoms with Gasteiger partial charge in [0.05, 0.1) is 11.6 Å². The number of aryl methyl sites for hydroxylation is 1. The van der Waals surface area contributed by atoms with Gasteiger partial charge in [0.15, 0.2) is 5.82 Å². The molecule has 0 bridgehead atoms. The molecule has 1 heterocycles. The first-order chi connectivity index (χ1) is 9.11. The third kappa shape index (κ3) is 2.77. The molecule has 0 saturated carbocycles. The summed E-state index contributed by atoms with van der Waals surface area (Å²) in [5.74, 6) is -0.326. The Hall–Kier alpha value is -2.68. The molecule has 0 spiro atoms. The van der Waals surface area contributed by atoms with Gasteiger partial charge in [-0.3, -0.25) is 4.79 Å². The fourth-order valence-corrected chi connectivity index (χ4v) is 1.56. The van der Waals surface area contributed by atoms with Gasteiger partial charge in [-0.05, 0) is 12.1 Å². The summed E-state index contributed by atoms with van der Waals surface area (Å²) in [5, 5.41) is 11.4. The monoisotopic (exact) mass is 258 g/mol. The molecule has 5 nitrogen and oxygen atoms in total. The lowest BCUT2D eigenvalue weighted by Gasteiger charge is -2.07. The predicted molar refractivity (Wildman–Crippen MR) is 67.9 cm³/mol. The molecular formula is C13H11FN4O. The highest BCUT2D eigenvalue weighted by molar-refractivity contribution is 5.36. The quantitative estimate of drug-likeness (QED) is 0.903. The van der Waals surface area contributed by atoms with Gasteiger partial charge in [-0.2, -0.15) is 5.26 Å². The third-order valence-corrected chi connectivity index (χ3v) is 2.65. The van der Waals surface area contributed by atoms with Gasteiger partial charge in [-0.1, -0.05) is 6.07 Å². The van der Waals surface area contributed by atoms with E-state index in [9.17, 15) is 9.18 Å². The number of rotatable bonds is 3. The van der Waals surface area contributed by atoms with E-state index in [1.807, 2.05) is 6.07 Å². The average molecular weight is 258 g/mol. The number of anilines is 1. The average Bonchev–Trinajstić information content (AvgIpc) is 2.41. The first-order valence-corrected chi connectivity index (χ1v) is 5.56. The van der Waals surface area contributed by atoms with Crippen molar-refractivity contribution in [2.75, 3.05) is 5.32 Å². The third-order valence-electron chi connectivity index (χ3n) is 2.65. The minimum atomic E-state index is -0.487. The van der Waals surface area contributed by atoms with Crippen LogP contribution in [-0.2, 0) is 13.6 Å². The van der Waals surface area contributed by atoms with E-state index in [0.29, 0.717) is 5.56 Å². The number of nitrogens with zero attached hydrogens (tertiary/aromatic N) is 3. The summed E-state index contributed by atoms with van der Waals surface area (Å²) < 4.78 is 15.0. The first kappa shape index (κ1) is 12.8. The Labute approximate surface area is 109 Å². The Morgan fingerprint density at radius 3 is 3.00 bits per heavy atom. The zero-order chi connectivity index (χ0) is 13.8.